The number of amides is 1. The second-order valence-electron chi connectivity index (χ2n) is 14.3. The number of carbonyl (C=O) groups excluding carboxylic acids is 1. The zero-order chi connectivity index (χ0) is 36.9. The lowest BCUT2D eigenvalue weighted by atomic mass is 9.68. The average molecular weight is 715 g/mol. The summed E-state index contributed by atoms with van der Waals surface area (Å²) >= 11 is 0. The van der Waals surface area contributed by atoms with Gasteiger partial charge in [0, 0.05) is 43.4 Å². The number of nitrogens with two attached hydrogens (primary N) is 1. The van der Waals surface area contributed by atoms with Gasteiger partial charge in [-0.3, -0.25) is 14.7 Å². The number of rotatable bonds is 9. The number of hydrogen-bond donors (Lipinski definition) is 2. The Morgan fingerprint density at radius 2 is 2.04 bits per heavy atom. The molecule has 272 valence electrons. The highest BCUT2D eigenvalue weighted by Gasteiger charge is 2.49. The van der Waals surface area contributed by atoms with E-state index in [0.717, 1.165) is 66.8 Å². The third kappa shape index (κ3) is 5.99. The zero-order valence-corrected chi connectivity index (χ0v) is 30.2. The first-order chi connectivity index (χ1) is 25.7. The summed E-state index contributed by atoms with van der Waals surface area (Å²) in [7, 11) is 3.79. The molecule has 1 saturated heterocycles. The van der Waals surface area contributed by atoms with Gasteiger partial charge in [-0.05, 0) is 94.8 Å². The van der Waals surface area contributed by atoms with Gasteiger partial charge < -0.3 is 25.0 Å². The molecule has 3 aliphatic rings. The van der Waals surface area contributed by atoms with E-state index in [1.807, 2.05) is 44.2 Å². The Balaban J connectivity index is 1.17. The van der Waals surface area contributed by atoms with Crippen LogP contribution in [0.1, 0.15) is 89.8 Å². The number of methoxy groups -OCH3 is 1. The van der Waals surface area contributed by atoms with Crippen LogP contribution in [0.3, 0.4) is 0 Å². The first-order valence-electron chi connectivity index (χ1n) is 18.1. The third-order valence-corrected chi connectivity index (χ3v) is 11.2. The van der Waals surface area contributed by atoms with Crippen molar-refractivity contribution in [3.05, 3.63) is 94.3 Å². The number of nitrogens with zero attached hydrogens (tertiary/aromatic N) is 8. The third-order valence-electron chi connectivity index (χ3n) is 11.2. The number of nitrogen functional groups attached to an aromatic ring is 1. The van der Waals surface area contributed by atoms with Crippen molar-refractivity contribution in [2.45, 2.75) is 82.1 Å². The van der Waals surface area contributed by atoms with Crippen molar-refractivity contribution in [2.75, 3.05) is 26.4 Å². The monoisotopic (exact) mass is 714 g/mol. The molecule has 0 bridgehead atoms. The number of aromatic nitrogens is 6. The van der Waals surface area contributed by atoms with E-state index in [1.165, 1.54) is 4.68 Å². The smallest absolute Gasteiger partial charge is 0.272 e. The minimum absolute atomic E-state index is 0.00632. The summed E-state index contributed by atoms with van der Waals surface area (Å²) in [6, 6.07) is 14.8. The molecular formula is C39H42N10O4. The average Bonchev–Trinajstić information content (AvgIpc) is 3.98. The lowest BCUT2D eigenvalue weighted by Crippen LogP contribution is -2.44. The molecule has 53 heavy (non-hydrogen) atoms. The fraction of sp³-hybridized carbons (Fsp3) is 0.410. The van der Waals surface area contributed by atoms with E-state index in [2.05, 4.69) is 38.6 Å². The van der Waals surface area contributed by atoms with Crippen LogP contribution in [0.4, 0.5) is 5.69 Å². The first kappa shape index (κ1) is 34.4. The van der Waals surface area contributed by atoms with Crippen LogP contribution in [0, 0.1) is 11.3 Å². The van der Waals surface area contributed by atoms with E-state index in [1.54, 1.807) is 31.6 Å². The van der Waals surface area contributed by atoms with Gasteiger partial charge in [0.15, 0.2) is 28.8 Å². The van der Waals surface area contributed by atoms with E-state index < -0.39 is 5.41 Å². The lowest BCUT2D eigenvalue weighted by Gasteiger charge is -2.33. The number of hydrogen-bond acceptors (Lipinski definition) is 12. The van der Waals surface area contributed by atoms with Crippen LogP contribution in [0.2, 0.25) is 0 Å². The van der Waals surface area contributed by atoms with Gasteiger partial charge in [-0.1, -0.05) is 17.3 Å². The maximum atomic E-state index is 13.3. The molecule has 5 heterocycles. The molecule has 0 radical (unpaired) electrons. The van der Waals surface area contributed by atoms with Crippen molar-refractivity contribution < 1.29 is 18.8 Å². The fourth-order valence-corrected chi connectivity index (χ4v) is 8.62. The largest absolute Gasteiger partial charge is 0.473 e. The summed E-state index contributed by atoms with van der Waals surface area (Å²) in [5.41, 5.74) is 11.2. The van der Waals surface area contributed by atoms with Crippen LogP contribution < -0.4 is 15.8 Å². The zero-order valence-electron chi connectivity index (χ0n) is 30.2. The second kappa shape index (κ2) is 13.7. The highest BCUT2D eigenvalue weighted by Crippen LogP contribution is 2.54. The van der Waals surface area contributed by atoms with Crippen molar-refractivity contribution in [1.29, 1.82) is 5.26 Å². The van der Waals surface area contributed by atoms with Gasteiger partial charge in [0.05, 0.1) is 34.9 Å². The van der Waals surface area contributed by atoms with E-state index in [4.69, 9.17) is 29.7 Å². The topological polar surface area (TPSA) is 183 Å². The summed E-state index contributed by atoms with van der Waals surface area (Å²) in [6.45, 7) is 4.78. The Bertz CT molecular complexity index is 2210. The van der Waals surface area contributed by atoms with E-state index >= 15 is 0 Å². The molecule has 1 aliphatic heterocycles. The molecular weight excluding hydrogens is 672 g/mol. The van der Waals surface area contributed by atoms with Gasteiger partial charge in [0.1, 0.15) is 12.2 Å². The summed E-state index contributed by atoms with van der Waals surface area (Å²) in [4.78, 5) is 29.7. The lowest BCUT2D eigenvalue weighted by molar-refractivity contribution is 0.0174. The Morgan fingerprint density at radius 1 is 1.17 bits per heavy atom. The van der Waals surface area contributed by atoms with Gasteiger partial charge in [-0.2, -0.15) is 15.3 Å². The van der Waals surface area contributed by atoms with Gasteiger partial charge in [0.25, 0.3) is 5.91 Å². The Hall–Kier alpha value is -5.65. The number of aryl methyl sites for hydroxylation is 1. The SMILES string of the molecule is CO[C@H]1CCN(C)[C@@H]1[C@H](C)Oc1cc(-n2ccc(C(=O)N[C@@H](C)c3ccccn3)n2)nc(-c2noc3c2CCC[C@@]32CCc3ccc(N)c(C#N)c32)n1. The van der Waals surface area contributed by atoms with Crippen molar-refractivity contribution in [3.63, 3.8) is 0 Å². The molecule has 1 aromatic carbocycles. The molecule has 1 amide bonds. The van der Waals surface area contributed by atoms with Crippen LogP contribution >= 0.6 is 0 Å². The molecule has 0 saturated carbocycles. The molecule has 0 unspecified atom stereocenters. The molecule has 1 spiro atoms. The quantitative estimate of drug-likeness (QED) is 0.201. The van der Waals surface area contributed by atoms with Crippen molar-refractivity contribution in [3.8, 4) is 29.3 Å². The van der Waals surface area contributed by atoms with Crippen LogP contribution in [0.25, 0.3) is 17.3 Å². The maximum absolute atomic E-state index is 13.3. The van der Waals surface area contributed by atoms with E-state index in [9.17, 15) is 10.1 Å². The molecule has 1 fully saturated rings. The van der Waals surface area contributed by atoms with Gasteiger partial charge >= 0.3 is 0 Å². The van der Waals surface area contributed by atoms with E-state index in [0.29, 0.717) is 40.9 Å². The number of nitriles is 1. The predicted molar refractivity (Wildman–Crippen MR) is 194 cm³/mol. The van der Waals surface area contributed by atoms with Crippen LogP contribution in [-0.4, -0.2) is 79.6 Å². The van der Waals surface area contributed by atoms with Crippen molar-refractivity contribution in [2.24, 2.45) is 0 Å². The number of ether oxygens (including phenoxy) is 2. The maximum Gasteiger partial charge on any atom is 0.272 e. The molecule has 2 aliphatic carbocycles. The number of nitrogens with one attached hydrogen (secondary N) is 1. The summed E-state index contributed by atoms with van der Waals surface area (Å²) < 4.78 is 20.2. The van der Waals surface area contributed by atoms with Crippen LogP contribution in [0.5, 0.6) is 5.88 Å². The first-order valence-corrected chi connectivity index (χ1v) is 18.1. The van der Waals surface area contributed by atoms with Gasteiger partial charge in [-0.25, -0.2) is 9.67 Å². The number of likely N-dealkylation sites (tertiary alicyclic amines) is 1. The van der Waals surface area contributed by atoms with Gasteiger partial charge in [-0.15, -0.1) is 0 Å². The number of pyridine rings is 1. The highest BCUT2D eigenvalue weighted by atomic mass is 16.5. The van der Waals surface area contributed by atoms with Gasteiger partial charge in [0.2, 0.25) is 5.88 Å². The van der Waals surface area contributed by atoms with E-state index in [-0.39, 0.29) is 35.9 Å². The normalized spacial score (nSPS) is 21.9. The predicted octanol–water partition coefficient (Wildman–Crippen LogP) is 4.71. The number of carbonyl (C=O) groups is 1. The molecule has 5 atom stereocenters. The van der Waals surface area contributed by atoms with Crippen LogP contribution in [0.15, 0.2) is 59.4 Å². The summed E-state index contributed by atoms with van der Waals surface area (Å²) in [6.07, 6.45) is 8.00. The van der Waals surface area contributed by atoms with Crippen molar-refractivity contribution >= 4 is 11.6 Å². The summed E-state index contributed by atoms with van der Waals surface area (Å²) in [5.74, 6) is 1.42. The minimum atomic E-state index is -0.515. The Labute approximate surface area is 307 Å². The standard InChI is InChI=1S/C39H42N10O4/c1-22(28-9-5-6-17-42-28)43-38(50)29-13-19-49(46-29)31-20-32(52-23(2)35-30(51-4)14-18-48(35)3)45-37(44-31)34-25-8-7-15-39(36(25)53-47-34)16-12-24-10-11-27(41)26(21-40)33(24)39/h5-6,9-11,13,17,19-20,22-23,30,35H,7-8,12,14-16,18,41H2,1-4H3,(H,43,50)/t22-,23-,30-,35+,39-/m0/s1. The number of likely N-dealkylation sites (N-methyl/N-ethyl adjacent to an activating group) is 1. The highest BCUT2D eigenvalue weighted by molar-refractivity contribution is 5.92. The molecule has 8 rings (SSSR count). The minimum Gasteiger partial charge on any atom is -0.473 e. The molecule has 14 heteroatoms. The van der Waals surface area contributed by atoms with Crippen molar-refractivity contribution in [1.82, 2.24) is 40.1 Å². The van der Waals surface area contributed by atoms with Crippen LogP contribution in [-0.2, 0) is 23.0 Å². The Kier molecular flexibility index (Phi) is 8.92. The molecule has 5 aromatic rings. The number of benzene rings is 1. The molecule has 14 nitrogen and oxygen atoms in total. The number of fused-ring (bicyclic) bond motifs is 4. The fourth-order valence-electron chi connectivity index (χ4n) is 8.62. The second-order valence-corrected chi connectivity index (χ2v) is 14.3. The Morgan fingerprint density at radius 3 is 2.83 bits per heavy atom. The summed E-state index contributed by atoms with van der Waals surface area (Å²) in [5, 5.41) is 22.4. The number of anilines is 1. The molecule has 4 aromatic heterocycles. The molecule has 3 N–H and O–H groups in total.